The number of hydrogen-bond donors (Lipinski definition) is 2. The monoisotopic (exact) mass is 377 g/mol. The molecule has 0 heterocycles. The van der Waals surface area contributed by atoms with Gasteiger partial charge >= 0.3 is 12.1 Å². The second kappa shape index (κ2) is 6.66. The minimum absolute atomic E-state index is 0.0649. The molecule has 2 saturated carbocycles. The van der Waals surface area contributed by atoms with Gasteiger partial charge in [-0.2, -0.15) is 0 Å². The van der Waals surface area contributed by atoms with Gasteiger partial charge in [0.1, 0.15) is 6.61 Å². The van der Waals surface area contributed by atoms with Gasteiger partial charge in [0.2, 0.25) is 0 Å². The van der Waals surface area contributed by atoms with Crippen LogP contribution in [-0.4, -0.2) is 29.8 Å². The Morgan fingerprint density at radius 3 is 2.14 bits per heavy atom. The Labute approximate surface area is 163 Å². The second-order valence-electron chi connectivity index (χ2n) is 8.24. The molecule has 3 aliphatic carbocycles. The normalized spacial score (nSPS) is 27.3. The first-order chi connectivity index (χ1) is 13.6. The number of carboxylic acids is 1. The molecule has 2 fully saturated rings. The molecule has 1 amide bonds. The summed E-state index contributed by atoms with van der Waals surface area (Å²) >= 11 is 0. The molecule has 144 valence electrons. The van der Waals surface area contributed by atoms with Gasteiger partial charge in [-0.3, -0.25) is 4.79 Å². The van der Waals surface area contributed by atoms with E-state index in [1.165, 1.54) is 22.3 Å². The van der Waals surface area contributed by atoms with Crippen LogP contribution < -0.4 is 5.32 Å². The molecule has 2 aromatic carbocycles. The van der Waals surface area contributed by atoms with Crippen LogP contribution in [-0.2, 0) is 9.53 Å². The van der Waals surface area contributed by atoms with E-state index in [0.717, 1.165) is 19.3 Å². The minimum Gasteiger partial charge on any atom is -0.481 e. The molecule has 0 bridgehead atoms. The van der Waals surface area contributed by atoms with Crippen molar-refractivity contribution >= 4 is 12.1 Å². The Balaban J connectivity index is 1.15. The Morgan fingerprint density at radius 2 is 1.57 bits per heavy atom. The topological polar surface area (TPSA) is 75.6 Å². The lowest BCUT2D eigenvalue weighted by Crippen LogP contribution is -2.45. The SMILES string of the molecule is O=C(NC1CC(C2C[C@@H]2C(=O)O)C1)OCC1c2ccccc2-c2ccccc21. The first-order valence-corrected chi connectivity index (χ1v) is 9.96. The van der Waals surface area contributed by atoms with Crippen LogP contribution in [0.4, 0.5) is 4.79 Å². The van der Waals surface area contributed by atoms with Crippen molar-refractivity contribution in [1.29, 1.82) is 0 Å². The van der Waals surface area contributed by atoms with E-state index in [2.05, 4.69) is 29.6 Å². The smallest absolute Gasteiger partial charge is 0.407 e. The molecule has 2 atom stereocenters. The Hall–Kier alpha value is -2.82. The molecule has 1 unspecified atom stereocenters. The second-order valence-corrected chi connectivity index (χ2v) is 8.24. The molecule has 0 spiro atoms. The third kappa shape index (κ3) is 2.95. The molecule has 5 heteroatoms. The predicted octanol–water partition coefficient (Wildman–Crippen LogP) is 4.02. The summed E-state index contributed by atoms with van der Waals surface area (Å²) in [4.78, 5) is 23.2. The fourth-order valence-corrected chi connectivity index (χ4v) is 4.96. The summed E-state index contributed by atoms with van der Waals surface area (Å²) in [5.74, 6) is -0.0496. The molecule has 2 aromatic rings. The maximum absolute atomic E-state index is 12.3. The van der Waals surface area contributed by atoms with Crippen molar-refractivity contribution in [1.82, 2.24) is 5.32 Å². The number of benzene rings is 2. The van der Waals surface area contributed by atoms with Gasteiger partial charge in [-0.1, -0.05) is 48.5 Å². The van der Waals surface area contributed by atoms with Gasteiger partial charge in [0, 0.05) is 12.0 Å². The number of carbonyl (C=O) groups is 2. The van der Waals surface area contributed by atoms with E-state index >= 15 is 0 Å². The molecule has 0 aromatic heterocycles. The van der Waals surface area contributed by atoms with Gasteiger partial charge in [0.15, 0.2) is 0 Å². The van der Waals surface area contributed by atoms with Gasteiger partial charge < -0.3 is 15.2 Å². The summed E-state index contributed by atoms with van der Waals surface area (Å²) < 4.78 is 5.57. The lowest BCUT2D eigenvalue weighted by molar-refractivity contribution is -0.139. The van der Waals surface area contributed by atoms with Crippen molar-refractivity contribution in [2.45, 2.75) is 31.2 Å². The van der Waals surface area contributed by atoms with Crippen molar-refractivity contribution in [3.05, 3.63) is 59.7 Å². The molecule has 5 nitrogen and oxygen atoms in total. The third-order valence-electron chi connectivity index (χ3n) is 6.60. The average molecular weight is 377 g/mol. The van der Waals surface area contributed by atoms with Crippen LogP contribution >= 0.6 is 0 Å². The van der Waals surface area contributed by atoms with E-state index in [4.69, 9.17) is 9.84 Å². The first kappa shape index (κ1) is 17.3. The lowest BCUT2D eigenvalue weighted by atomic mass is 9.76. The van der Waals surface area contributed by atoms with E-state index in [1.54, 1.807) is 0 Å². The molecule has 0 saturated heterocycles. The zero-order valence-corrected chi connectivity index (χ0v) is 15.5. The Bertz CT molecular complexity index is 888. The zero-order valence-electron chi connectivity index (χ0n) is 15.5. The summed E-state index contributed by atoms with van der Waals surface area (Å²) in [5.41, 5.74) is 4.83. The highest BCUT2D eigenvalue weighted by Gasteiger charge is 2.51. The number of carboxylic acid groups (broad SMARTS) is 1. The Morgan fingerprint density at radius 1 is 0.964 bits per heavy atom. The highest BCUT2D eigenvalue weighted by Crippen LogP contribution is 2.51. The average Bonchev–Trinajstić information content (AvgIpc) is 3.39. The number of amides is 1. The highest BCUT2D eigenvalue weighted by molar-refractivity contribution is 5.79. The number of nitrogens with one attached hydrogen (secondary N) is 1. The van der Waals surface area contributed by atoms with Crippen LogP contribution in [0.15, 0.2) is 48.5 Å². The third-order valence-corrected chi connectivity index (χ3v) is 6.60. The van der Waals surface area contributed by atoms with E-state index in [1.807, 2.05) is 24.3 Å². The van der Waals surface area contributed by atoms with Crippen LogP contribution in [0.3, 0.4) is 0 Å². The van der Waals surface area contributed by atoms with Gasteiger partial charge in [-0.05, 0) is 53.4 Å². The number of carbonyl (C=O) groups excluding carboxylic acids is 1. The molecule has 0 aliphatic heterocycles. The number of ether oxygens (including phenoxy) is 1. The highest BCUT2D eigenvalue weighted by atomic mass is 16.5. The largest absolute Gasteiger partial charge is 0.481 e. The van der Waals surface area contributed by atoms with E-state index in [0.29, 0.717) is 18.4 Å². The molecule has 28 heavy (non-hydrogen) atoms. The summed E-state index contributed by atoms with van der Waals surface area (Å²) in [6, 6.07) is 16.7. The molecule has 5 rings (SSSR count). The minimum atomic E-state index is -0.682. The Kier molecular flexibility index (Phi) is 4.11. The van der Waals surface area contributed by atoms with Crippen LogP contribution in [0.2, 0.25) is 0 Å². The summed E-state index contributed by atoms with van der Waals surface area (Å²) in [6.07, 6.45) is 2.13. The summed E-state index contributed by atoms with van der Waals surface area (Å²) in [6.45, 7) is 0.319. The van der Waals surface area contributed by atoms with Crippen molar-refractivity contribution in [2.24, 2.45) is 17.8 Å². The van der Waals surface area contributed by atoms with Gasteiger partial charge in [-0.25, -0.2) is 4.79 Å². The number of alkyl carbamates (subject to hydrolysis) is 1. The first-order valence-electron chi connectivity index (χ1n) is 9.96. The number of fused-ring (bicyclic) bond motifs is 3. The lowest BCUT2D eigenvalue weighted by Gasteiger charge is -2.36. The van der Waals surface area contributed by atoms with Crippen molar-refractivity contribution in [3.63, 3.8) is 0 Å². The standard InChI is InChI=1S/C23H23NO4/c25-22(26)20-11-19(20)13-9-14(10-13)24-23(27)28-12-21-17-7-3-1-5-15(17)16-6-2-4-8-18(16)21/h1-8,13-14,19-21H,9-12H2,(H,24,27)(H,25,26)/t13?,14?,19?,20-/m0/s1. The number of hydrogen-bond acceptors (Lipinski definition) is 3. The number of aliphatic carboxylic acids is 1. The zero-order chi connectivity index (χ0) is 19.3. The maximum Gasteiger partial charge on any atom is 0.407 e. The number of rotatable bonds is 5. The predicted molar refractivity (Wildman–Crippen MR) is 104 cm³/mol. The molecule has 2 N–H and O–H groups in total. The van der Waals surface area contributed by atoms with Crippen LogP contribution in [0, 0.1) is 17.8 Å². The van der Waals surface area contributed by atoms with Gasteiger partial charge in [0.05, 0.1) is 5.92 Å². The molecular weight excluding hydrogens is 354 g/mol. The molecular formula is C23H23NO4. The van der Waals surface area contributed by atoms with Crippen molar-refractivity contribution in [2.75, 3.05) is 6.61 Å². The van der Waals surface area contributed by atoms with Gasteiger partial charge in [-0.15, -0.1) is 0 Å². The fraction of sp³-hybridized carbons (Fsp3) is 0.391. The quantitative estimate of drug-likeness (QED) is 0.825. The fourth-order valence-electron chi connectivity index (χ4n) is 4.96. The molecule has 0 radical (unpaired) electrons. The van der Waals surface area contributed by atoms with E-state index in [-0.39, 0.29) is 24.0 Å². The molecule has 3 aliphatic rings. The van der Waals surface area contributed by atoms with E-state index < -0.39 is 5.97 Å². The van der Waals surface area contributed by atoms with Crippen molar-refractivity contribution in [3.8, 4) is 11.1 Å². The van der Waals surface area contributed by atoms with Crippen molar-refractivity contribution < 1.29 is 19.4 Å². The van der Waals surface area contributed by atoms with Crippen LogP contribution in [0.5, 0.6) is 0 Å². The van der Waals surface area contributed by atoms with E-state index in [9.17, 15) is 9.59 Å². The summed E-state index contributed by atoms with van der Waals surface area (Å²) in [7, 11) is 0. The van der Waals surface area contributed by atoms with Crippen LogP contribution in [0.1, 0.15) is 36.3 Å². The van der Waals surface area contributed by atoms with Gasteiger partial charge in [0.25, 0.3) is 0 Å². The summed E-state index contributed by atoms with van der Waals surface area (Å²) in [5, 5.41) is 12.0. The maximum atomic E-state index is 12.3. The van der Waals surface area contributed by atoms with Crippen LogP contribution in [0.25, 0.3) is 11.1 Å².